The maximum atomic E-state index is 12.5. The van der Waals surface area contributed by atoms with Crippen LogP contribution in [-0.2, 0) is 4.79 Å². The van der Waals surface area contributed by atoms with Crippen LogP contribution >= 0.6 is 11.6 Å². The zero-order valence-electron chi connectivity index (χ0n) is 11.9. The zero-order valence-corrected chi connectivity index (χ0v) is 12.7. The summed E-state index contributed by atoms with van der Waals surface area (Å²) in [5.74, 6) is 0.494. The molecule has 1 aliphatic rings. The average Bonchev–Trinajstić information content (AvgIpc) is 2.47. The van der Waals surface area contributed by atoms with E-state index in [9.17, 15) is 4.79 Å². The highest BCUT2D eigenvalue weighted by Gasteiger charge is 2.30. The van der Waals surface area contributed by atoms with Crippen LogP contribution in [0.15, 0.2) is 24.3 Å². The SMILES string of the molecule is C[C@H](NC(=O)C1CCCCC1CN)c1ccccc1Cl. The predicted molar refractivity (Wildman–Crippen MR) is 82.5 cm³/mol. The smallest absolute Gasteiger partial charge is 0.223 e. The number of hydrogen-bond acceptors (Lipinski definition) is 2. The van der Waals surface area contributed by atoms with Gasteiger partial charge in [0.15, 0.2) is 0 Å². The molecule has 3 atom stereocenters. The van der Waals surface area contributed by atoms with E-state index in [1.54, 1.807) is 0 Å². The van der Waals surface area contributed by atoms with E-state index in [1.807, 2.05) is 31.2 Å². The third-order valence-electron chi connectivity index (χ3n) is 4.28. The number of amides is 1. The summed E-state index contributed by atoms with van der Waals surface area (Å²) in [6.45, 7) is 2.57. The van der Waals surface area contributed by atoms with Crippen molar-refractivity contribution < 1.29 is 4.79 Å². The normalized spacial score (nSPS) is 24.1. The van der Waals surface area contributed by atoms with Crippen molar-refractivity contribution in [3.63, 3.8) is 0 Å². The molecule has 3 N–H and O–H groups in total. The fourth-order valence-corrected chi connectivity index (χ4v) is 3.36. The number of benzene rings is 1. The van der Waals surface area contributed by atoms with Crippen LogP contribution in [0.1, 0.15) is 44.2 Å². The van der Waals surface area contributed by atoms with E-state index in [-0.39, 0.29) is 17.9 Å². The van der Waals surface area contributed by atoms with Gasteiger partial charge in [0.05, 0.1) is 6.04 Å². The number of nitrogens with two attached hydrogens (primary N) is 1. The van der Waals surface area contributed by atoms with Gasteiger partial charge >= 0.3 is 0 Å². The van der Waals surface area contributed by atoms with Gasteiger partial charge in [-0.25, -0.2) is 0 Å². The largest absolute Gasteiger partial charge is 0.349 e. The van der Waals surface area contributed by atoms with Gasteiger partial charge in [-0.15, -0.1) is 0 Å². The Hall–Kier alpha value is -1.06. The quantitative estimate of drug-likeness (QED) is 0.895. The Morgan fingerprint density at radius 2 is 2.10 bits per heavy atom. The lowest BCUT2D eigenvalue weighted by Crippen LogP contribution is -2.40. The van der Waals surface area contributed by atoms with Crippen LogP contribution in [0.25, 0.3) is 0 Å². The molecule has 0 radical (unpaired) electrons. The Bertz CT molecular complexity index is 464. The van der Waals surface area contributed by atoms with Crippen LogP contribution in [0, 0.1) is 11.8 Å². The van der Waals surface area contributed by atoms with Crippen LogP contribution in [0.4, 0.5) is 0 Å². The van der Waals surface area contributed by atoms with Crippen LogP contribution < -0.4 is 11.1 Å². The highest BCUT2D eigenvalue weighted by atomic mass is 35.5. The fraction of sp³-hybridized carbons (Fsp3) is 0.562. The van der Waals surface area contributed by atoms with Gasteiger partial charge in [0.25, 0.3) is 0 Å². The molecule has 1 aromatic rings. The Balaban J connectivity index is 2.02. The Kier molecular flexibility index (Phi) is 5.44. The first-order chi connectivity index (χ1) is 9.63. The molecular weight excluding hydrogens is 272 g/mol. The van der Waals surface area contributed by atoms with Gasteiger partial charge in [0, 0.05) is 10.9 Å². The average molecular weight is 295 g/mol. The number of carbonyl (C=O) groups excluding carboxylic acids is 1. The molecule has 0 spiro atoms. The third-order valence-corrected chi connectivity index (χ3v) is 4.62. The predicted octanol–water partition coefficient (Wildman–Crippen LogP) is 3.28. The van der Waals surface area contributed by atoms with E-state index in [1.165, 1.54) is 6.42 Å². The van der Waals surface area contributed by atoms with Gasteiger partial charge in [0.2, 0.25) is 5.91 Å². The Morgan fingerprint density at radius 1 is 1.40 bits per heavy atom. The molecule has 3 nitrogen and oxygen atoms in total. The van der Waals surface area contributed by atoms with Crippen molar-refractivity contribution in [3.8, 4) is 0 Å². The van der Waals surface area contributed by atoms with Gasteiger partial charge in [-0.3, -0.25) is 4.79 Å². The second-order valence-corrected chi connectivity index (χ2v) is 6.05. The second-order valence-electron chi connectivity index (χ2n) is 5.64. The summed E-state index contributed by atoms with van der Waals surface area (Å²) in [5.41, 5.74) is 6.76. The molecule has 0 aliphatic heterocycles. The van der Waals surface area contributed by atoms with Gasteiger partial charge < -0.3 is 11.1 Å². The van der Waals surface area contributed by atoms with Crippen molar-refractivity contribution in [1.29, 1.82) is 0 Å². The lowest BCUT2D eigenvalue weighted by molar-refractivity contribution is -0.128. The van der Waals surface area contributed by atoms with E-state index < -0.39 is 0 Å². The fourth-order valence-electron chi connectivity index (χ4n) is 3.06. The molecule has 2 unspecified atom stereocenters. The number of rotatable bonds is 4. The molecule has 1 aliphatic carbocycles. The highest BCUT2D eigenvalue weighted by molar-refractivity contribution is 6.31. The summed E-state index contributed by atoms with van der Waals surface area (Å²) in [6, 6.07) is 7.56. The zero-order chi connectivity index (χ0) is 14.5. The molecule has 0 heterocycles. The van der Waals surface area contributed by atoms with Crippen molar-refractivity contribution in [2.45, 2.75) is 38.6 Å². The van der Waals surface area contributed by atoms with E-state index in [0.29, 0.717) is 17.5 Å². The van der Waals surface area contributed by atoms with Crippen LogP contribution in [0.5, 0.6) is 0 Å². The summed E-state index contributed by atoms with van der Waals surface area (Å²) in [6.07, 6.45) is 4.32. The summed E-state index contributed by atoms with van der Waals surface area (Å²) in [5, 5.41) is 3.79. The summed E-state index contributed by atoms with van der Waals surface area (Å²) < 4.78 is 0. The third kappa shape index (κ3) is 3.53. The van der Waals surface area contributed by atoms with E-state index in [0.717, 1.165) is 24.8 Å². The Morgan fingerprint density at radius 3 is 2.80 bits per heavy atom. The monoisotopic (exact) mass is 294 g/mol. The Labute approximate surface area is 125 Å². The minimum Gasteiger partial charge on any atom is -0.349 e. The molecule has 4 heteroatoms. The van der Waals surface area contributed by atoms with Crippen LogP contribution in [0.2, 0.25) is 5.02 Å². The maximum Gasteiger partial charge on any atom is 0.223 e. The summed E-state index contributed by atoms with van der Waals surface area (Å²) in [4.78, 5) is 12.5. The molecule has 0 aromatic heterocycles. The lowest BCUT2D eigenvalue weighted by Gasteiger charge is -2.30. The first kappa shape index (κ1) is 15.3. The molecular formula is C16H23ClN2O. The van der Waals surface area contributed by atoms with E-state index >= 15 is 0 Å². The topological polar surface area (TPSA) is 55.1 Å². The minimum atomic E-state index is -0.0726. The van der Waals surface area contributed by atoms with E-state index in [2.05, 4.69) is 5.32 Å². The molecule has 0 bridgehead atoms. The first-order valence-electron chi connectivity index (χ1n) is 7.38. The molecule has 0 saturated heterocycles. The van der Waals surface area contributed by atoms with Crippen molar-refractivity contribution in [3.05, 3.63) is 34.9 Å². The second kappa shape index (κ2) is 7.09. The molecule has 1 fully saturated rings. The van der Waals surface area contributed by atoms with Gasteiger partial charge in [-0.1, -0.05) is 42.6 Å². The number of nitrogens with one attached hydrogen (secondary N) is 1. The van der Waals surface area contributed by atoms with Gasteiger partial charge in [0.1, 0.15) is 0 Å². The lowest BCUT2D eigenvalue weighted by atomic mass is 9.78. The molecule has 110 valence electrons. The van der Waals surface area contributed by atoms with Crippen molar-refractivity contribution >= 4 is 17.5 Å². The van der Waals surface area contributed by atoms with Gasteiger partial charge in [-0.05, 0) is 43.9 Å². The number of carbonyl (C=O) groups is 1. The molecule has 20 heavy (non-hydrogen) atoms. The number of hydrogen-bond donors (Lipinski definition) is 2. The maximum absolute atomic E-state index is 12.5. The van der Waals surface area contributed by atoms with E-state index in [4.69, 9.17) is 17.3 Å². The molecule has 1 amide bonds. The molecule has 1 saturated carbocycles. The molecule has 1 aromatic carbocycles. The highest BCUT2D eigenvalue weighted by Crippen LogP contribution is 2.30. The standard InChI is InChI=1S/C16H23ClN2O/c1-11(13-7-4-5-9-15(13)17)19-16(20)14-8-3-2-6-12(14)10-18/h4-5,7,9,11-12,14H,2-3,6,8,10,18H2,1H3,(H,19,20)/t11-,12?,14?/m0/s1. The van der Waals surface area contributed by atoms with Crippen molar-refractivity contribution in [1.82, 2.24) is 5.32 Å². The van der Waals surface area contributed by atoms with Gasteiger partial charge in [-0.2, -0.15) is 0 Å². The molecule has 2 rings (SSSR count). The van der Waals surface area contributed by atoms with Crippen LogP contribution in [0.3, 0.4) is 0 Å². The number of halogens is 1. The van der Waals surface area contributed by atoms with Crippen molar-refractivity contribution in [2.24, 2.45) is 17.6 Å². The summed E-state index contributed by atoms with van der Waals surface area (Å²) >= 11 is 6.17. The minimum absolute atomic E-state index is 0.0543. The van der Waals surface area contributed by atoms with Crippen molar-refractivity contribution in [2.75, 3.05) is 6.54 Å². The summed E-state index contributed by atoms with van der Waals surface area (Å²) in [7, 11) is 0. The first-order valence-corrected chi connectivity index (χ1v) is 7.76. The van der Waals surface area contributed by atoms with Crippen LogP contribution in [-0.4, -0.2) is 12.5 Å².